The zero-order valence-corrected chi connectivity index (χ0v) is 19.3. The van der Waals surface area contributed by atoms with Crippen LogP contribution in [0.4, 0.5) is 0 Å². The summed E-state index contributed by atoms with van der Waals surface area (Å²) in [5.41, 5.74) is 1.50. The van der Waals surface area contributed by atoms with Crippen LogP contribution in [0, 0.1) is 0 Å². The van der Waals surface area contributed by atoms with Crippen LogP contribution in [-0.4, -0.2) is 68.7 Å². The van der Waals surface area contributed by atoms with E-state index in [4.69, 9.17) is 4.74 Å². The molecule has 3 heterocycles. The molecular weight excluding hydrogens is 432 g/mol. The second kappa shape index (κ2) is 6.73. The van der Waals surface area contributed by atoms with Crippen LogP contribution in [0.3, 0.4) is 0 Å². The van der Waals surface area contributed by atoms with E-state index in [1.807, 2.05) is 12.1 Å². The molecule has 1 aromatic rings. The van der Waals surface area contributed by atoms with Gasteiger partial charge in [0.15, 0.2) is 11.5 Å². The Morgan fingerprint density at radius 1 is 1.15 bits per heavy atom. The van der Waals surface area contributed by atoms with Gasteiger partial charge in [0, 0.05) is 29.3 Å². The molecule has 0 aromatic heterocycles. The Bertz CT molecular complexity index is 1160. The molecule has 7 rings (SSSR count). The molecule has 2 bridgehead atoms. The van der Waals surface area contributed by atoms with Crippen LogP contribution in [0.5, 0.6) is 11.5 Å². The quantitative estimate of drug-likeness (QED) is 0.530. The number of likely N-dealkylation sites (tertiary alicyclic amines) is 1. The standard InChI is InChI=1S/C27H30N2O5/c1-2-12-28-13-11-26-21-15-7-8-19(30)22(21)34-23(26)18(9-10-27(26,33)20(28)14-15)29-24(31)16-5-3-4-6-17(16)25(29)32/h2,7-8,18,20,23,30,33H,1,3-6,9-14H2/t18-,20+,23-,26-,27?/m0/s1. The van der Waals surface area contributed by atoms with Crippen molar-refractivity contribution in [3.8, 4) is 11.5 Å². The van der Waals surface area contributed by atoms with E-state index in [0.717, 1.165) is 30.5 Å². The molecule has 34 heavy (non-hydrogen) atoms. The van der Waals surface area contributed by atoms with Gasteiger partial charge in [0.2, 0.25) is 0 Å². The first-order chi connectivity index (χ1) is 16.4. The third-order valence-corrected chi connectivity index (χ3v) is 9.66. The smallest absolute Gasteiger partial charge is 0.257 e. The molecule has 7 nitrogen and oxygen atoms in total. The average Bonchev–Trinajstić information content (AvgIpc) is 3.31. The lowest BCUT2D eigenvalue weighted by Gasteiger charge is -2.64. The number of phenols is 1. The minimum absolute atomic E-state index is 0.0621. The Hall–Kier alpha value is -2.64. The molecule has 3 aliphatic heterocycles. The van der Waals surface area contributed by atoms with Gasteiger partial charge in [-0.3, -0.25) is 19.4 Å². The molecule has 2 N–H and O–H groups in total. The predicted molar refractivity (Wildman–Crippen MR) is 123 cm³/mol. The summed E-state index contributed by atoms with van der Waals surface area (Å²) in [6.45, 7) is 5.37. The van der Waals surface area contributed by atoms with Gasteiger partial charge in [0.25, 0.3) is 11.8 Å². The number of benzene rings is 1. The summed E-state index contributed by atoms with van der Waals surface area (Å²) in [5, 5.41) is 23.2. The summed E-state index contributed by atoms with van der Waals surface area (Å²) in [4.78, 5) is 30.7. The number of rotatable bonds is 3. The number of aliphatic hydroxyl groups is 1. The molecule has 1 unspecified atom stereocenters. The molecule has 6 aliphatic rings. The van der Waals surface area contributed by atoms with Gasteiger partial charge >= 0.3 is 0 Å². The fourth-order valence-corrected chi connectivity index (χ4v) is 8.32. The number of nitrogens with zero attached hydrogens (tertiary/aromatic N) is 2. The Morgan fingerprint density at radius 2 is 1.88 bits per heavy atom. The predicted octanol–water partition coefficient (Wildman–Crippen LogP) is 2.34. The molecular formula is C27H30N2O5. The van der Waals surface area contributed by atoms with E-state index in [2.05, 4.69) is 11.5 Å². The summed E-state index contributed by atoms with van der Waals surface area (Å²) in [6.07, 6.45) is 6.78. The molecule has 7 heteroatoms. The zero-order chi connectivity index (χ0) is 23.4. The second-order valence-corrected chi connectivity index (χ2v) is 10.9. The normalized spacial score (nSPS) is 38.0. The van der Waals surface area contributed by atoms with Gasteiger partial charge in [-0.05, 0) is 69.5 Å². The first kappa shape index (κ1) is 20.7. The second-order valence-electron chi connectivity index (χ2n) is 10.9. The topological polar surface area (TPSA) is 90.3 Å². The van der Waals surface area contributed by atoms with E-state index in [-0.39, 0.29) is 23.6 Å². The highest BCUT2D eigenvalue weighted by Crippen LogP contribution is 2.66. The number of phenolic OH excluding ortho intramolecular Hbond substituents is 1. The van der Waals surface area contributed by atoms with E-state index in [0.29, 0.717) is 62.0 Å². The fraction of sp³-hybridized carbons (Fsp3) is 0.556. The van der Waals surface area contributed by atoms with Gasteiger partial charge in [0.1, 0.15) is 6.10 Å². The summed E-state index contributed by atoms with van der Waals surface area (Å²) < 4.78 is 6.53. The van der Waals surface area contributed by atoms with Crippen molar-refractivity contribution >= 4 is 11.8 Å². The van der Waals surface area contributed by atoms with Crippen molar-refractivity contribution in [2.24, 2.45) is 0 Å². The molecule has 2 amide bonds. The van der Waals surface area contributed by atoms with Crippen LogP contribution in [0.25, 0.3) is 0 Å². The summed E-state index contributed by atoms with van der Waals surface area (Å²) in [5.74, 6) is 0.145. The first-order valence-corrected chi connectivity index (χ1v) is 12.6. The Labute approximate surface area is 198 Å². The number of piperidine rings is 1. The summed E-state index contributed by atoms with van der Waals surface area (Å²) in [6, 6.07) is 3.05. The van der Waals surface area contributed by atoms with E-state index in [1.54, 1.807) is 6.07 Å². The number of hydrogen-bond acceptors (Lipinski definition) is 6. The van der Waals surface area contributed by atoms with Gasteiger partial charge in [-0.25, -0.2) is 0 Å². The van der Waals surface area contributed by atoms with Crippen LogP contribution in [0.15, 0.2) is 35.9 Å². The van der Waals surface area contributed by atoms with Crippen molar-refractivity contribution in [2.45, 2.75) is 80.6 Å². The van der Waals surface area contributed by atoms with Gasteiger partial charge < -0.3 is 14.9 Å². The van der Waals surface area contributed by atoms with E-state index < -0.39 is 23.2 Å². The molecule has 1 saturated carbocycles. The van der Waals surface area contributed by atoms with Crippen LogP contribution >= 0.6 is 0 Å². The molecule has 3 aliphatic carbocycles. The Morgan fingerprint density at radius 3 is 2.59 bits per heavy atom. The van der Waals surface area contributed by atoms with Gasteiger partial charge in [-0.15, -0.1) is 6.58 Å². The van der Waals surface area contributed by atoms with Crippen LogP contribution in [0.1, 0.15) is 56.1 Å². The van der Waals surface area contributed by atoms with Crippen molar-refractivity contribution in [1.82, 2.24) is 9.80 Å². The Balaban J connectivity index is 1.38. The lowest BCUT2D eigenvalue weighted by Crippen LogP contribution is -2.78. The van der Waals surface area contributed by atoms with Crippen LogP contribution in [0.2, 0.25) is 0 Å². The van der Waals surface area contributed by atoms with Gasteiger partial charge in [-0.2, -0.15) is 0 Å². The number of carbonyl (C=O) groups excluding carboxylic acids is 2. The van der Waals surface area contributed by atoms with Crippen molar-refractivity contribution in [3.05, 3.63) is 47.1 Å². The number of imide groups is 1. The molecule has 0 radical (unpaired) electrons. The Kier molecular flexibility index (Phi) is 4.10. The van der Waals surface area contributed by atoms with Crippen LogP contribution in [-0.2, 0) is 21.4 Å². The van der Waals surface area contributed by atoms with Crippen molar-refractivity contribution in [3.63, 3.8) is 0 Å². The maximum absolute atomic E-state index is 13.5. The fourth-order valence-electron chi connectivity index (χ4n) is 8.32. The maximum Gasteiger partial charge on any atom is 0.257 e. The van der Waals surface area contributed by atoms with Crippen molar-refractivity contribution < 1.29 is 24.5 Å². The van der Waals surface area contributed by atoms with E-state index in [9.17, 15) is 19.8 Å². The van der Waals surface area contributed by atoms with E-state index in [1.165, 1.54) is 4.90 Å². The highest BCUT2D eigenvalue weighted by molar-refractivity contribution is 6.19. The van der Waals surface area contributed by atoms with Crippen molar-refractivity contribution in [1.29, 1.82) is 0 Å². The molecule has 2 fully saturated rings. The first-order valence-electron chi connectivity index (χ1n) is 12.6. The number of aromatic hydroxyl groups is 1. The van der Waals surface area contributed by atoms with E-state index >= 15 is 0 Å². The number of ether oxygens (including phenoxy) is 1. The molecule has 1 spiro atoms. The number of amides is 2. The average molecular weight is 463 g/mol. The third kappa shape index (κ3) is 2.21. The number of hydrogen-bond donors (Lipinski definition) is 2. The molecule has 1 aromatic carbocycles. The molecule has 1 saturated heterocycles. The minimum Gasteiger partial charge on any atom is -0.504 e. The third-order valence-electron chi connectivity index (χ3n) is 9.66. The number of carbonyl (C=O) groups is 2. The van der Waals surface area contributed by atoms with Crippen molar-refractivity contribution in [2.75, 3.05) is 13.1 Å². The molecule has 5 atom stereocenters. The zero-order valence-electron chi connectivity index (χ0n) is 19.3. The minimum atomic E-state index is -1.07. The SMILES string of the molecule is C=CCN1CC[C@]23c4c5ccc(O)c4O[C@H]2[C@@H](N2C(=O)C4=C(CCCC4)C2=O)CCC3(O)[C@H]1C5. The monoisotopic (exact) mass is 462 g/mol. The largest absolute Gasteiger partial charge is 0.504 e. The lowest BCUT2D eigenvalue weighted by molar-refractivity contribution is -0.199. The maximum atomic E-state index is 13.5. The van der Waals surface area contributed by atoms with Gasteiger partial charge in [-0.1, -0.05) is 12.1 Å². The molecule has 178 valence electrons. The lowest BCUT2D eigenvalue weighted by atomic mass is 9.48. The summed E-state index contributed by atoms with van der Waals surface area (Å²) >= 11 is 0. The van der Waals surface area contributed by atoms with Gasteiger partial charge in [0.05, 0.1) is 17.1 Å². The highest BCUT2D eigenvalue weighted by atomic mass is 16.5. The summed E-state index contributed by atoms with van der Waals surface area (Å²) in [7, 11) is 0. The highest BCUT2D eigenvalue weighted by Gasteiger charge is 2.74. The van der Waals surface area contributed by atoms with Crippen LogP contribution < -0.4 is 4.74 Å².